The first kappa shape index (κ1) is 12.9. The second-order valence-corrected chi connectivity index (χ2v) is 3.87. The van der Waals surface area contributed by atoms with Crippen molar-refractivity contribution in [1.82, 2.24) is 0 Å². The van der Waals surface area contributed by atoms with Crippen molar-refractivity contribution in [2.45, 2.75) is 25.8 Å². The fourth-order valence-corrected chi connectivity index (χ4v) is 1.59. The third kappa shape index (κ3) is 3.43. The molecular weight excluding hydrogens is 202 g/mol. The van der Waals surface area contributed by atoms with Gasteiger partial charge in [-0.3, -0.25) is 4.79 Å². The Hall–Kier alpha value is -1.19. The highest BCUT2D eigenvalue weighted by Gasteiger charge is 2.14. The van der Waals surface area contributed by atoms with Crippen LogP contribution >= 0.6 is 0 Å². The van der Waals surface area contributed by atoms with Crippen LogP contribution in [0.15, 0.2) is 24.3 Å². The molecule has 16 heavy (non-hydrogen) atoms. The van der Waals surface area contributed by atoms with Crippen LogP contribution in [0, 0.1) is 0 Å². The summed E-state index contributed by atoms with van der Waals surface area (Å²) in [5.41, 5.74) is 7.59. The van der Waals surface area contributed by atoms with Crippen LogP contribution in [0.3, 0.4) is 0 Å². The first-order chi connectivity index (χ1) is 7.69. The lowest BCUT2D eigenvalue weighted by Crippen LogP contribution is -2.34. The summed E-state index contributed by atoms with van der Waals surface area (Å²) in [6.07, 6.45) is 2.15. The maximum Gasteiger partial charge on any atom is 0.181 e. The fraction of sp³-hybridized carbons (Fsp3) is 0.462. The largest absolute Gasteiger partial charge is 0.383 e. The number of methoxy groups -OCH3 is 1. The second kappa shape index (κ2) is 6.40. The molecule has 88 valence electrons. The minimum atomic E-state index is -0.568. The van der Waals surface area contributed by atoms with Crippen LogP contribution in [0.4, 0.5) is 0 Å². The molecule has 3 nitrogen and oxygen atoms in total. The maximum atomic E-state index is 11.8. The van der Waals surface area contributed by atoms with Crippen molar-refractivity contribution < 1.29 is 9.53 Å². The molecule has 2 N–H and O–H groups in total. The molecule has 0 aromatic heterocycles. The summed E-state index contributed by atoms with van der Waals surface area (Å²) >= 11 is 0. The molecule has 0 spiro atoms. The molecule has 3 heteroatoms. The molecule has 0 saturated carbocycles. The van der Waals surface area contributed by atoms with Crippen molar-refractivity contribution in [2.24, 2.45) is 5.73 Å². The highest BCUT2D eigenvalue weighted by molar-refractivity contribution is 6.00. The van der Waals surface area contributed by atoms with E-state index in [-0.39, 0.29) is 12.4 Å². The average molecular weight is 221 g/mol. The smallest absolute Gasteiger partial charge is 0.181 e. The molecule has 0 aliphatic rings. The van der Waals surface area contributed by atoms with Crippen LogP contribution in [-0.2, 0) is 11.2 Å². The number of hydrogen-bond acceptors (Lipinski definition) is 3. The van der Waals surface area contributed by atoms with Crippen molar-refractivity contribution in [3.05, 3.63) is 35.4 Å². The van der Waals surface area contributed by atoms with E-state index in [1.807, 2.05) is 24.3 Å². The number of ether oxygens (including phenoxy) is 1. The molecule has 1 aromatic carbocycles. The van der Waals surface area contributed by atoms with Gasteiger partial charge in [-0.05, 0) is 12.0 Å². The maximum absolute atomic E-state index is 11.8. The number of rotatable bonds is 6. The molecule has 1 unspecified atom stereocenters. The fourth-order valence-electron chi connectivity index (χ4n) is 1.59. The summed E-state index contributed by atoms with van der Waals surface area (Å²) in [7, 11) is 1.54. The number of Topliss-reactive ketones (excluding diaryl/α,β-unsaturated/α-hetero) is 1. The Morgan fingerprint density at radius 1 is 1.38 bits per heavy atom. The van der Waals surface area contributed by atoms with Gasteiger partial charge in [0, 0.05) is 12.7 Å². The predicted molar refractivity (Wildman–Crippen MR) is 64.6 cm³/mol. The van der Waals surface area contributed by atoms with Gasteiger partial charge in [-0.15, -0.1) is 0 Å². The molecule has 0 heterocycles. The standard InChI is InChI=1S/C13H19NO2/c1-3-4-10-5-7-11(8-6-10)13(15)12(14)9-16-2/h5-8,12H,3-4,9,14H2,1-2H3. The number of aryl methyl sites for hydroxylation is 1. The van der Waals surface area contributed by atoms with Crippen LogP contribution in [-0.4, -0.2) is 25.5 Å². The van der Waals surface area contributed by atoms with Gasteiger partial charge in [0.05, 0.1) is 12.6 Å². The third-order valence-corrected chi connectivity index (χ3v) is 2.46. The summed E-state index contributed by atoms with van der Waals surface area (Å²) in [5, 5.41) is 0. The molecule has 1 aromatic rings. The van der Waals surface area contributed by atoms with E-state index in [9.17, 15) is 4.79 Å². The second-order valence-electron chi connectivity index (χ2n) is 3.87. The van der Waals surface area contributed by atoms with E-state index in [2.05, 4.69) is 6.92 Å². The van der Waals surface area contributed by atoms with Gasteiger partial charge in [0.25, 0.3) is 0 Å². The van der Waals surface area contributed by atoms with Gasteiger partial charge in [-0.25, -0.2) is 0 Å². The number of ketones is 1. The summed E-state index contributed by atoms with van der Waals surface area (Å²) in [6.45, 7) is 2.39. The lowest BCUT2D eigenvalue weighted by atomic mass is 10.0. The minimum Gasteiger partial charge on any atom is -0.383 e. The molecule has 0 fully saturated rings. The molecule has 0 aliphatic heterocycles. The minimum absolute atomic E-state index is 0.0649. The SMILES string of the molecule is CCCc1ccc(C(=O)C(N)COC)cc1. The number of hydrogen-bond donors (Lipinski definition) is 1. The molecule has 1 rings (SSSR count). The summed E-state index contributed by atoms with van der Waals surface area (Å²) in [4.78, 5) is 11.8. The lowest BCUT2D eigenvalue weighted by Gasteiger charge is -2.09. The zero-order valence-corrected chi connectivity index (χ0v) is 9.90. The van der Waals surface area contributed by atoms with Crippen LogP contribution in [0.25, 0.3) is 0 Å². The number of carbonyl (C=O) groups excluding carboxylic acids is 1. The molecule has 0 amide bonds. The Bertz CT molecular complexity index is 332. The van der Waals surface area contributed by atoms with Crippen LogP contribution in [0.1, 0.15) is 29.3 Å². The average Bonchev–Trinajstić information content (AvgIpc) is 2.30. The van der Waals surface area contributed by atoms with Crippen LogP contribution < -0.4 is 5.73 Å². The topological polar surface area (TPSA) is 52.3 Å². The van der Waals surface area contributed by atoms with Gasteiger partial charge < -0.3 is 10.5 Å². The van der Waals surface area contributed by atoms with E-state index >= 15 is 0 Å². The van der Waals surface area contributed by atoms with Crippen molar-refractivity contribution >= 4 is 5.78 Å². The van der Waals surface area contributed by atoms with E-state index < -0.39 is 6.04 Å². The van der Waals surface area contributed by atoms with Crippen molar-refractivity contribution in [3.8, 4) is 0 Å². The first-order valence-electron chi connectivity index (χ1n) is 5.56. The van der Waals surface area contributed by atoms with Crippen molar-refractivity contribution in [3.63, 3.8) is 0 Å². The number of carbonyl (C=O) groups is 1. The van der Waals surface area contributed by atoms with Gasteiger partial charge >= 0.3 is 0 Å². The molecular formula is C13H19NO2. The van der Waals surface area contributed by atoms with E-state index in [1.54, 1.807) is 0 Å². The Morgan fingerprint density at radius 2 is 2.00 bits per heavy atom. The Balaban J connectivity index is 2.69. The van der Waals surface area contributed by atoms with Crippen LogP contribution in [0.5, 0.6) is 0 Å². The van der Waals surface area contributed by atoms with Gasteiger partial charge in [0.15, 0.2) is 5.78 Å². The van der Waals surface area contributed by atoms with Gasteiger partial charge in [-0.2, -0.15) is 0 Å². The highest BCUT2D eigenvalue weighted by atomic mass is 16.5. The normalized spacial score (nSPS) is 12.4. The number of nitrogens with two attached hydrogens (primary N) is 1. The highest BCUT2D eigenvalue weighted by Crippen LogP contribution is 2.08. The molecule has 0 saturated heterocycles. The summed E-state index contributed by atoms with van der Waals surface area (Å²) in [5.74, 6) is -0.0649. The van der Waals surface area contributed by atoms with Crippen LogP contribution in [0.2, 0.25) is 0 Å². The van der Waals surface area contributed by atoms with Gasteiger partial charge in [0.1, 0.15) is 0 Å². The quantitative estimate of drug-likeness (QED) is 0.745. The Labute approximate surface area is 96.6 Å². The van der Waals surface area contributed by atoms with Gasteiger partial charge in [-0.1, -0.05) is 37.6 Å². The van der Waals surface area contributed by atoms with Crippen molar-refractivity contribution in [2.75, 3.05) is 13.7 Å². The zero-order valence-electron chi connectivity index (χ0n) is 9.90. The summed E-state index contributed by atoms with van der Waals surface area (Å²) < 4.78 is 4.86. The van der Waals surface area contributed by atoms with E-state index in [4.69, 9.17) is 10.5 Å². The first-order valence-corrected chi connectivity index (χ1v) is 5.56. The van der Waals surface area contributed by atoms with E-state index in [1.165, 1.54) is 12.7 Å². The summed E-state index contributed by atoms with van der Waals surface area (Å²) in [6, 6.07) is 7.07. The lowest BCUT2D eigenvalue weighted by molar-refractivity contribution is 0.0892. The monoisotopic (exact) mass is 221 g/mol. The van der Waals surface area contributed by atoms with E-state index in [0.717, 1.165) is 12.8 Å². The Kier molecular flexibility index (Phi) is 5.15. The Morgan fingerprint density at radius 3 is 2.50 bits per heavy atom. The number of benzene rings is 1. The van der Waals surface area contributed by atoms with E-state index in [0.29, 0.717) is 5.56 Å². The third-order valence-electron chi connectivity index (χ3n) is 2.46. The van der Waals surface area contributed by atoms with Crippen molar-refractivity contribution in [1.29, 1.82) is 0 Å². The zero-order chi connectivity index (χ0) is 12.0. The molecule has 0 aliphatic carbocycles. The predicted octanol–water partition coefficient (Wildman–Crippen LogP) is 1.80. The molecule has 0 radical (unpaired) electrons. The van der Waals surface area contributed by atoms with Gasteiger partial charge in [0.2, 0.25) is 0 Å². The molecule has 1 atom stereocenters. The molecule has 0 bridgehead atoms.